The topological polar surface area (TPSA) is 46.1 Å². The molecule has 146 valence electrons. The van der Waals surface area contributed by atoms with E-state index in [4.69, 9.17) is 14.5 Å². The van der Waals surface area contributed by atoms with Crippen LogP contribution in [0.3, 0.4) is 0 Å². The van der Waals surface area contributed by atoms with Gasteiger partial charge >= 0.3 is 0 Å². The molecule has 5 heteroatoms. The maximum atomic E-state index is 5.45. The summed E-state index contributed by atoms with van der Waals surface area (Å²) in [5.41, 5.74) is 6.04. The first-order chi connectivity index (χ1) is 13.7. The van der Waals surface area contributed by atoms with Gasteiger partial charge in [-0.1, -0.05) is 13.0 Å². The van der Waals surface area contributed by atoms with Crippen LogP contribution in [0.2, 0.25) is 0 Å². The number of nitrogens with zero attached hydrogens (tertiary/aromatic N) is 2. The van der Waals surface area contributed by atoms with Gasteiger partial charge in [0.1, 0.15) is 5.84 Å². The van der Waals surface area contributed by atoms with E-state index in [0.717, 1.165) is 61.1 Å². The molecule has 3 heterocycles. The molecular weight excluding hydrogens is 350 g/mol. The number of ether oxygens (including phenoxy) is 2. The van der Waals surface area contributed by atoms with Gasteiger partial charge in [0.05, 0.1) is 19.9 Å². The number of allylic oxidation sites excluding steroid dienone is 2. The number of hydrogen-bond acceptors (Lipinski definition) is 5. The van der Waals surface area contributed by atoms with E-state index in [1.165, 1.54) is 16.7 Å². The lowest BCUT2D eigenvalue weighted by atomic mass is 9.94. The summed E-state index contributed by atoms with van der Waals surface area (Å²) in [6.45, 7) is 5.00. The van der Waals surface area contributed by atoms with Gasteiger partial charge in [0.25, 0.3) is 0 Å². The third-order valence-corrected chi connectivity index (χ3v) is 5.39. The van der Waals surface area contributed by atoms with Crippen molar-refractivity contribution in [2.24, 2.45) is 4.99 Å². The molecule has 3 aliphatic heterocycles. The molecule has 0 saturated heterocycles. The third kappa shape index (κ3) is 3.50. The third-order valence-electron chi connectivity index (χ3n) is 5.39. The van der Waals surface area contributed by atoms with Gasteiger partial charge < -0.3 is 19.7 Å². The normalized spacial score (nSPS) is 19.0. The van der Waals surface area contributed by atoms with Crippen LogP contribution in [0.4, 0.5) is 0 Å². The van der Waals surface area contributed by atoms with Crippen molar-refractivity contribution in [2.75, 3.05) is 33.9 Å². The van der Waals surface area contributed by atoms with E-state index in [2.05, 4.69) is 41.6 Å². The van der Waals surface area contributed by atoms with Gasteiger partial charge in [-0.15, -0.1) is 0 Å². The summed E-state index contributed by atoms with van der Waals surface area (Å²) in [4.78, 5) is 7.26. The molecule has 1 N–H and O–H groups in total. The van der Waals surface area contributed by atoms with E-state index in [1.807, 2.05) is 18.2 Å². The monoisotopic (exact) mass is 377 g/mol. The molecule has 1 aromatic rings. The Morgan fingerprint density at radius 1 is 1.14 bits per heavy atom. The summed E-state index contributed by atoms with van der Waals surface area (Å²) in [6.07, 6.45) is 11.1. The highest BCUT2D eigenvalue weighted by molar-refractivity contribution is 6.04. The smallest absolute Gasteiger partial charge is 0.161 e. The summed E-state index contributed by atoms with van der Waals surface area (Å²) >= 11 is 0. The number of methoxy groups -OCH3 is 2. The first-order valence-electron chi connectivity index (χ1n) is 9.84. The highest BCUT2D eigenvalue weighted by Gasteiger charge is 2.24. The van der Waals surface area contributed by atoms with Gasteiger partial charge in [0, 0.05) is 24.9 Å². The molecule has 0 amide bonds. The standard InChI is InChI=1S/C23H27N3O2/c1-4-16-13-19(17-7-10-24-11-8-17)15-26-12-9-20(25-23(16)26)18-5-6-21(27-2)22(14-18)28-3/h5-7,9,13-15,24H,4,8,10-12H2,1-3H3. The molecule has 0 radical (unpaired) electrons. The maximum Gasteiger partial charge on any atom is 0.161 e. The minimum Gasteiger partial charge on any atom is -0.493 e. The van der Waals surface area contributed by atoms with Crippen molar-refractivity contribution in [1.29, 1.82) is 0 Å². The average molecular weight is 377 g/mol. The Morgan fingerprint density at radius 2 is 2.00 bits per heavy atom. The fourth-order valence-electron chi connectivity index (χ4n) is 3.82. The van der Waals surface area contributed by atoms with Crippen molar-refractivity contribution >= 4 is 11.5 Å². The first-order valence-corrected chi connectivity index (χ1v) is 9.84. The summed E-state index contributed by atoms with van der Waals surface area (Å²) < 4.78 is 10.8. The zero-order valence-corrected chi connectivity index (χ0v) is 16.8. The molecule has 5 nitrogen and oxygen atoms in total. The lowest BCUT2D eigenvalue weighted by molar-refractivity contribution is 0.355. The molecule has 0 bridgehead atoms. The van der Waals surface area contributed by atoms with Crippen molar-refractivity contribution in [3.8, 4) is 11.5 Å². The fraction of sp³-hybridized carbons (Fsp3) is 0.348. The summed E-state index contributed by atoms with van der Waals surface area (Å²) in [5, 5.41) is 3.39. The zero-order valence-electron chi connectivity index (χ0n) is 16.8. The molecular formula is C23H27N3O2. The Kier molecular flexibility index (Phi) is 5.35. The highest BCUT2D eigenvalue weighted by atomic mass is 16.5. The van der Waals surface area contributed by atoms with E-state index in [1.54, 1.807) is 14.2 Å². The largest absolute Gasteiger partial charge is 0.493 e. The van der Waals surface area contributed by atoms with E-state index in [0.29, 0.717) is 0 Å². The molecule has 0 fully saturated rings. The van der Waals surface area contributed by atoms with E-state index < -0.39 is 0 Å². The number of amidine groups is 1. The lowest BCUT2D eigenvalue weighted by Crippen LogP contribution is -2.33. The van der Waals surface area contributed by atoms with Crippen molar-refractivity contribution in [2.45, 2.75) is 19.8 Å². The number of hydrogen-bond donors (Lipinski definition) is 1. The second-order valence-electron chi connectivity index (χ2n) is 7.04. The van der Waals surface area contributed by atoms with Gasteiger partial charge in [0.15, 0.2) is 11.5 Å². The van der Waals surface area contributed by atoms with E-state index in [9.17, 15) is 0 Å². The molecule has 0 atom stereocenters. The lowest BCUT2D eigenvalue weighted by Gasteiger charge is -2.32. The van der Waals surface area contributed by atoms with Crippen LogP contribution in [0, 0.1) is 0 Å². The number of nitrogens with one attached hydrogen (secondary N) is 1. The summed E-state index contributed by atoms with van der Waals surface area (Å²) in [5.74, 6) is 2.50. The van der Waals surface area contributed by atoms with Crippen molar-refractivity contribution in [3.63, 3.8) is 0 Å². The first kappa shape index (κ1) is 18.6. The van der Waals surface area contributed by atoms with Crippen molar-refractivity contribution < 1.29 is 9.47 Å². The number of rotatable bonds is 5. The Morgan fingerprint density at radius 3 is 2.71 bits per heavy atom. The Hall–Kier alpha value is -2.79. The van der Waals surface area contributed by atoms with Crippen LogP contribution in [0.15, 0.2) is 64.3 Å². The van der Waals surface area contributed by atoms with Crippen LogP contribution in [0.25, 0.3) is 5.70 Å². The van der Waals surface area contributed by atoms with Crippen molar-refractivity contribution in [1.82, 2.24) is 10.2 Å². The van der Waals surface area contributed by atoms with Gasteiger partial charge in [-0.05, 0) is 66.5 Å². The highest BCUT2D eigenvalue weighted by Crippen LogP contribution is 2.34. The maximum absolute atomic E-state index is 5.45. The summed E-state index contributed by atoms with van der Waals surface area (Å²) in [7, 11) is 3.31. The van der Waals surface area contributed by atoms with Crippen LogP contribution in [0.5, 0.6) is 11.5 Å². The SMILES string of the molecule is CCC1=CC(C2=CCNCC2)=CN2CC=C(c3ccc(OC)c(OC)c3)N=C12. The predicted molar refractivity (Wildman–Crippen MR) is 114 cm³/mol. The second-order valence-corrected chi connectivity index (χ2v) is 7.04. The fourth-order valence-corrected chi connectivity index (χ4v) is 3.82. The minimum atomic E-state index is 0.721. The van der Waals surface area contributed by atoms with Gasteiger partial charge in [-0.3, -0.25) is 0 Å². The number of benzene rings is 1. The molecule has 0 aromatic heterocycles. The van der Waals surface area contributed by atoms with Gasteiger partial charge in [0.2, 0.25) is 0 Å². The van der Waals surface area contributed by atoms with E-state index in [-0.39, 0.29) is 0 Å². The zero-order chi connectivity index (χ0) is 19.5. The van der Waals surface area contributed by atoms with E-state index >= 15 is 0 Å². The van der Waals surface area contributed by atoms with Crippen LogP contribution in [-0.2, 0) is 0 Å². The molecule has 1 aromatic carbocycles. The summed E-state index contributed by atoms with van der Waals surface area (Å²) in [6, 6.07) is 5.95. The van der Waals surface area contributed by atoms with Crippen LogP contribution in [-0.4, -0.2) is 44.6 Å². The van der Waals surface area contributed by atoms with Crippen LogP contribution in [0.1, 0.15) is 25.3 Å². The Bertz CT molecular complexity index is 922. The molecule has 0 saturated carbocycles. The van der Waals surface area contributed by atoms with Crippen LogP contribution >= 0.6 is 0 Å². The number of aliphatic imine (C=N–C) groups is 1. The second kappa shape index (κ2) is 8.07. The Labute approximate surface area is 166 Å². The molecule has 3 aliphatic rings. The van der Waals surface area contributed by atoms with Crippen molar-refractivity contribution in [3.05, 3.63) is 64.9 Å². The molecule has 0 unspecified atom stereocenters. The van der Waals surface area contributed by atoms with Crippen LogP contribution < -0.4 is 14.8 Å². The molecule has 0 aliphatic carbocycles. The minimum absolute atomic E-state index is 0.721. The molecule has 28 heavy (non-hydrogen) atoms. The quantitative estimate of drug-likeness (QED) is 0.845. The predicted octanol–water partition coefficient (Wildman–Crippen LogP) is 3.91. The molecule has 4 rings (SSSR count). The van der Waals surface area contributed by atoms with Gasteiger partial charge in [-0.2, -0.15) is 0 Å². The molecule has 0 spiro atoms. The van der Waals surface area contributed by atoms with Gasteiger partial charge in [-0.25, -0.2) is 4.99 Å². The Balaban J connectivity index is 1.65. The average Bonchev–Trinajstić information content (AvgIpc) is 2.78. The number of fused-ring (bicyclic) bond motifs is 1.